The zero-order chi connectivity index (χ0) is 21.6. The Balaban J connectivity index is 1.32. The summed E-state index contributed by atoms with van der Waals surface area (Å²) in [6, 6.07) is 6.39. The lowest BCUT2D eigenvalue weighted by atomic mass is 10.0. The van der Waals surface area contributed by atoms with Crippen LogP contribution in [-0.2, 0) is 23.7 Å². The third-order valence-electron chi connectivity index (χ3n) is 6.35. The van der Waals surface area contributed by atoms with E-state index >= 15 is 0 Å². The number of carbonyl (C=O) groups is 1. The van der Waals surface area contributed by atoms with E-state index in [1.165, 1.54) is 0 Å². The Labute approximate surface area is 181 Å². The van der Waals surface area contributed by atoms with Gasteiger partial charge in [-0.25, -0.2) is 4.79 Å². The van der Waals surface area contributed by atoms with E-state index < -0.39 is 36.1 Å². The maximum absolute atomic E-state index is 12.9. The van der Waals surface area contributed by atoms with E-state index in [-0.39, 0.29) is 12.1 Å². The van der Waals surface area contributed by atoms with Gasteiger partial charge in [-0.05, 0) is 38.8 Å². The molecule has 170 valence electrons. The van der Waals surface area contributed by atoms with Crippen molar-refractivity contribution in [2.45, 2.75) is 81.7 Å². The number of urea groups is 1. The number of para-hydroxylation sites is 2. The highest BCUT2D eigenvalue weighted by Gasteiger charge is 2.59. The predicted octanol–water partition coefficient (Wildman–Crippen LogP) is 2.75. The lowest BCUT2D eigenvalue weighted by molar-refractivity contribution is -0.226. The molecule has 9 nitrogen and oxygen atoms in total. The highest BCUT2D eigenvalue weighted by Crippen LogP contribution is 2.44. The molecule has 4 fully saturated rings. The van der Waals surface area contributed by atoms with Crippen LogP contribution in [0.3, 0.4) is 0 Å². The molecule has 0 bridgehead atoms. The van der Waals surface area contributed by atoms with Crippen molar-refractivity contribution in [1.82, 2.24) is 5.32 Å². The van der Waals surface area contributed by atoms with Gasteiger partial charge in [0, 0.05) is 12.8 Å². The number of amides is 2. The summed E-state index contributed by atoms with van der Waals surface area (Å²) in [5.74, 6) is -0.734. The second-order valence-corrected chi connectivity index (χ2v) is 8.98. The van der Waals surface area contributed by atoms with E-state index in [1.54, 1.807) is 19.2 Å². The van der Waals surface area contributed by atoms with Crippen molar-refractivity contribution in [3.05, 3.63) is 24.3 Å². The normalized spacial score (nSPS) is 35.3. The summed E-state index contributed by atoms with van der Waals surface area (Å²) in [6.07, 6.45) is 2.16. The van der Waals surface area contributed by atoms with Gasteiger partial charge < -0.3 is 39.1 Å². The number of carbonyl (C=O) groups excluding carboxylic acids is 1. The summed E-state index contributed by atoms with van der Waals surface area (Å²) in [6.45, 7) is 4.08. The van der Waals surface area contributed by atoms with Crippen LogP contribution in [0.5, 0.6) is 5.75 Å². The molecule has 3 heterocycles. The Hall–Kier alpha value is -1.91. The Morgan fingerprint density at radius 3 is 2.65 bits per heavy atom. The van der Waals surface area contributed by atoms with Gasteiger partial charge >= 0.3 is 6.03 Å². The van der Waals surface area contributed by atoms with Crippen molar-refractivity contribution in [2.75, 3.05) is 19.0 Å². The van der Waals surface area contributed by atoms with Crippen LogP contribution >= 0.6 is 0 Å². The van der Waals surface area contributed by atoms with Crippen LogP contribution < -0.4 is 15.4 Å². The molecule has 0 radical (unpaired) electrons. The first-order valence-electron chi connectivity index (χ1n) is 10.9. The molecular formula is C22H30N2O7. The van der Waals surface area contributed by atoms with Crippen LogP contribution in [0, 0.1) is 0 Å². The summed E-state index contributed by atoms with van der Waals surface area (Å²) < 4.78 is 35.9. The van der Waals surface area contributed by atoms with Gasteiger partial charge in [-0.1, -0.05) is 12.1 Å². The number of ether oxygens (including phenoxy) is 6. The maximum atomic E-state index is 12.9. The molecule has 5 rings (SSSR count). The van der Waals surface area contributed by atoms with E-state index in [9.17, 15) is 4.79 Å². The van der Waals surface area contributed by atoms with E-state index in [0.29, 0.717) is 18.0 Å². The third-order valence-corrected chi connectivity index (χ3v) is 6.35. The molecule has 9 heteroatoms. The molecule has 4 aliphatic rings. The molecular weight excluding hydrogens is 404 g/mol. The largest absolute Gasteiger partial charge is 0.495 e. The molecule has 1 saturated carbocycles. The lowest BCUT2D eigenvalue weighted by Gasteiger charge is -2.30. The molecule has 1 spiro atoms. The number of fused-ring (bicyclic) bond motifs is 1. The van der Waals surface area contributed by atoms with Crippen LogP contribution in [-0.4, -0.2) is 62.0 Å². The van der Waals surface area contributed by atoms with Crippen LogP contribution in [0.25, 0.3) is 0 Å². The number of nitrogens with one attached hydrogen (secondary N) is 2. The Bertz CT molecular complexity index is 826. The minimum absolute atomic E-state index is 0.310. The fraction of sp³-hybridized carbons (Fsp3) is 0.682. The van der Waals surface area contributed by atoms with Crippen LogP contribution in [0.4, 0.5) is 10.5 Å². The van der Waals surface area contributed by atoms with Gasteiger partial charge in [-0.2, -0.15) is 0 Å². The quantitative estimate of drug-likeness (QED) is 0.752. The molecule has 2 amide bonds. The van der Waals surface area contributed by atoms with Crippen LogP contribution in [0.1, 0.15) is 39.5 Å². The van der Waals surface area contributed by atoms with E-state index in [0.717, 1.165) is 25.7 Å². The lowest BCUT2D eigenvalue weighted by Crippen LogP contribution is -2.53. The number of methoxy groups -OCH3 is 1. The SMILES string of the molecule is COc1ccccc1NC(=O)N[C@@H]1[C@H]2OC(C)(C)O[C@H]2O[C@@H]1[C@H]1COC2(CCCC2)O1. The molecule has 1 aromatic rings. The number of benzene rings is 1. The molecule has 3 saturated heterocycles. The van der Waals surface area contributed by atoms with Crippen molar-refractivity contribution in [3.8, 4) is 5.75 Å². The summed E-state index contributed by atoms with van der Waals surface area (Å²) in [7, 11) is 1.56. The van der Waals surface area contributed by atoms with Crippen LogP contribution in [0.15, 0.2) is 24.3 Å². The highest BCUT2D eigenvalue weighted by molar-refractivity contribution is 5.91. The first-order chi connectivity index (χ1) is 14.9. The van der Waals surface area contributed by atoms with Crippen molar-refractivity contribution in [3.63, 3.8) is 0 Å². The minimum Gasteiger partial charge on any atom is -0.495 e. The van der Waals surface area contributed by atoms with E-state index in [4.69, 9.17) is 28.4 Å². The standard InChI is InChI=1S/C22H30N2O7/c1-21(2)30-18-16(24-20(25)23-13-8-4-5-9-14(13)26-3)17(28-19(18)31-21)15-12-27-22(29-15)10-6-7-11-22/h4-5,8-9,15-19H,6-7,10-12H2,1-3H3,(H2,23,24,25)/t15-,16+,17-,18-,19-/m1/s1. The summed E-state index contributed by atoms with van der Waals surface area (Å²) in [5, 5.41) is 5.87. The predicted molar refractivity (Wildman–Crippen MR) is 110 cm³/mol. The summed E-state index contributed by atoms with van der Waals surface area (Å²) in [5.41, 5.74) is 0.573. The number of rotatable bonds is 4. The average molecular weight is 434 g/mol. The van der Waals surface area contributed by atoms with Gasteiger partial charge in [0.05, 0.1) is 25.4 Å². The first kappa shape index (κ1) is 21.0. The van der Waals surface area contributed by atoms with Crippen molar-refractivity contribution < 1.29 is 33.2 Å². The van der Waals surface area contributed by atoms with Gasteiger partial charge in [0.25, 0.3) is 0 Å². The topological polar surface area (TPSA) is 96.5 Å². The zero-order valence-electron chi connectivity index (χ0n) is 18.1. The fourth-order valence-electron chi connectivity index (χ4n) is 4.99. The second-order valence-electron chi connectivity index (χ2n) is 8.98. The average Bonchev–Trinajstić information content (AvgIpc) is 3.49. The van der Waals surface area contributed by atoms with Gasteiger partial charge in [0.15, 0.2) is 17.9 Å². The van der Waals surface area contributed by atoms with E-state index in [1.807, 2.05) is 26.0 Å². The fourth-order valence-corrected chi connectivity index (χ4v) is 4.99. The molecule has 0 aromatic heterocycles. The first-order valence-corrected chi connectivity index (χ1v) is 10.9. The number of hydrogen-bond donors (Lipinski definition) is 2. The number of anilines is 1. The summed E-state index contributed by atoms with van der Waals surface area (Å²) in [4.78, 5) is 12.9. The highest BCUT2D eigenvalue weighted by atomic mass is 16.8. The maximum Gasteiger partial charge on any atom is 0.319 e. The minimum atomic E-state index is -0.793. The van der Waals surface area contributed by atoms with Gasteiger partial charge in [-0.3, -0.25) is 0 Å². The Kier molecular flexibility index (Phi) is 5.34. The molecule has 3 aliphatic heterocycles. The van der Waals surface area contributed by atoms with Crippen molar-refractivity contribution in [1.29, 1.82) is 0 Å². The Morgan fingerprint density at radius 1 is 1.10 bits per heavy atom. The molecule has 31 heavy (non-hydrogen) atoms. The van der Waals surface area contributed by atoms with Gasteiger partial charge in [0.2, 0.25) is 0 Å². The molecule has 1 aliphatic carbocycles. The number of hydrogen-bond acceptors (Lipinski definition) is 7. The molecule has 2 N–H and O–H groups in total. The molecule has 1 aromatic carbocycles. The monoisotopic (exact) mass is 434 g/mol. The van der Waals surface area contributed by atoms with Gasteiger partial charge in [-0.15, -0.1) is 0 Å². The Morgan fingerprint density at radius 2 is 1.87 bits per heavy atom. The van der Waals surface area contributed by atoms with Gasteiger partial charge in [0.1, 0.15) is 24.1 Å². The smallest absolute Gasteiger partial charge is 0.319 e. The third kappa shape index (κ3) is 4.01. The van der Waals surface area contributed by atoms with E-state index in [2.05, 4.69) is 10.6 Å². The summed E-state index contributed by atoms with van der Waals surface area (Å²) >= 11 is 0. The molecule has 5 atom stereocenters. The van der Waals surface area contributed by atoms with Crippen molar-refractivity contribution in [2.24, 2.45) is 0 Å². The second kappa shape index (κ2) is 7.90. The zero-order valence-corrected chi connectivity index (χ0v) is 18.1. The van der Waals surface area contributed by atoms with Crippen LogP contribution in [0.2, 0.25) is 0 Å². The van der Waals surface area contributed by atoms with Crippen molar-refractivity contribution >= 4 is 11.7 Å². The molecule has 0 unspecified atom stereocenters.